The highest BCUT2D eigenvalue weighted by atomic mass is 35.5. The molecule has 1 aromatic heterocycles. The van der Waals surface area contributed by atoms with Crippen LogP contribution in [-0.2, 0) is 5.54 Å². The van der Waals surface area contributed by atoms with Gasteiger partial charge in [0.15, 0.2) is 11.9 Å². The Hall–Kier alpha value is -1.59. The Labute approximate surface area is 123 Å². The molecule has 0 saturated heterocycles. The van der Waals surface area contributed by atoms with Gasteiger partial charge in [0, 0.05) is 5.02 Å². The first kappa shape index (κ1) is 14.8. The SMILES string of the molecule is CC(C)(C)n1cnc(C(CO)Oc2ccc(Cl)cc2)n1. The molecule has 0 radical (unpaired) electrons. The predicted octanol–water partition coefficient (Wildman–Crippen LogP) is 2.80. The first-order valence-electron chi connectivity index (χ1n) is 6.35. The van der Waals surface area contributed by atoms with Crippen LogP contribution in [0.15, 0.2) is 30.6 Å². The topological polar surface area (TPSA) is 60.2 Å². The molecule has 1 unspecified atom stereocenters. The third-order valence-electron chi connectivity index (χ3n) is 2.74. The van der Waals surface area contributed by atoms with Crippen molar-refractivity contribution in [1.29, 1.82) is 0 Å². The average Bonchev–Trinajstić information content (AvgIpc) is 2.87. The van der Waals surface area contributed by atoms with Gasteiger partial charge in [0.05, 0.1) is 12.1 Å². The van der Waals surface area contributed by atoms with Crippen molar-refractivity contribution in [2.45, 2.75) is 32.4 Å². The van der Waals surface area contributed by atoms with Crippen molar-refractivity contribution in [3.63, 3.8) is 0 Å². The number of aromatic nitrogens is 3. The van der Waals surface area contributed by atoms with Crippen LogP contribution in [0, 0.1) is 0 Å². The van der Waals surface area contributed by atoms with Gasteiger partial charge in [0.1, 0.15) is 12.1 Å². The monoisotopic (exact) mass is 295 g/mol. The molecule has 108 valence electrons. The molecule has 0 aliphatic rings. The Morgan fingerprint density at radius 2 is 1.95 bits per heavy atom. The van der Waals surface area contributed by atoms with Crippen LogP contribution in [0.5, 0.6) is 5.75 Å². The Morgan fingerprint density at radius 3 is 2.45 bits per heavy atom. The third-order valence-corrected chi connectivity index (χ3v) is 2.99. The summed E-state index contributed by atoms with van der Waals surface area (Å²) in [5.41, 5.74) is -0.161. The van der Waals surface area contributed by atoms with E-state index in [2.05, 4.69) is 10.1 Å². The molecule has 0 aliphatic heterocycles. The quantitative estimate of drug-likeness (QED) is 0.942. The highest BCUT2D eigenvalue weighted by molar-refractivity contribution is 6.30. The molecule has 20 heavy (non-hydrogen) atoms. The fourth-order valence-electron chi connectivity index (χ4n) is 1.60. The highest BCUT2D eigenvalue weighted by Crippen LogP contribution is 2.22. The van der Waals surface area contributed by atoms with E-state index < -0.39 is 6.10 Å². The van der Waals surface area contributed by atoms with E-state index in [1.807, 2.05) is 20.8 Å². The summed E-state index contributed by atoms with van der Waals surface area (Å²) in [6.45, 7) is 5.88. The Bertz CT molecular complexity index is 561. The van der Waals surface area contributed by atoms with Crippen LogP contribution in [0.2, 0.25) is 5.02 Å². The summed E-state index contributed by atoms with van der Waals surface area (Å²) in [6.07, 6.45) is 1.04. The minimum atomic E-state index is -0.597. The van der Waals surface area contributed by atoms with Crippen LogP contribution in [-0.4, -0.2) is 26.5 Å². The summed E-state index contributed by atoms with van der Waals surface area (Å²) in [7, 11) is 0. The van der Waals surface area contributed by atoms with Gasteiger partial charge < -0.3 is 9.84 Å². The van der Waals surface area contributed by atoms with Crippen molar-refractivity contribution < 1.29 is 9.84 Å². The number of hydrogen-bond donors (Lipinski definition) is 1. The lowest BCUT2D eigenvalue weighted by Crippen LogP contribution is -2.23. The molecular formula is C14H18ClN3O2. The van der Waals surface area contributed by atoms with Crippen molar-refractivity contribution in [2.24, 2.45) is 0 Å². The molecule has 0 aliphatic carbocycles. The standard InChI is InChI=1S/C14H18ClN3O2/c1-14(2,3)18-9-16-13(17-18)12(8-19)20-11-6-4-10(15)5-7-11/h4-7,9,12,19H,8H2,1-3H3. The van der Waals surface area contributed by atoms with Gasteiger partial charge in [0.25, 0.3) is 0 Å². The summed E-state index contributed by atoms with van der Waals surface area (Å²) in [5, 5.41) is 14.5. The summed E-state index contributed by atoms with van der Waals surface area (Å²) in [6, 6.07) is 6.94. The maximum Gasteiger partial charge on any atom is 0.193 e. The highest BCUT2D eigenvalue weighted by Gasteiger charge is 2.21. The third kappa shape index (κ3) is 3.49. The molecule has 5 nitrogen and oxygen atoms in total. The normalized spacial score (nSPS) is 13.2. The second-order valence-corrected chi connectivity index (χ2v) is 5.90. The van der Waals surface area contributed by atoms with Crippen molar-refractivity contribution in [3.05, 3.63) is 41.4 Å². The van der Waals surface area contributed by atoms with Gasteiger partial charge >= 0.3 is 0 Å². The molecule has 0 bridgehead atoms. The van der Waals surface area contributed by atoms with Crippen molar-refractivity contribution in [3.8, 4) is 5.75 Å². The van der Waals surface area contributed by atoms with E-state index in [0.29, 0.717) is 16.6 Å². The van der Waals surface area contributed by atoms with E-state index in [4.69, 9.17) is 16.3 Å². The molecule has 0 amide bonds. The van der Waals surface area contributed by atoms with Gasteiger partial charge in [-0.05, 0) is 45.0 Å². The number of ether oxygens (including phenoxy) is 1. The van der Waals surface area contributed by atoms with Crippen LogP contribution in [0.25, 0.3) is 0 Å². The van der Waals surface area contributed by atoms with Gasteiger partial charge in [-0.2, -0.15) is 5.10 Å². The van der Waals surface area contributed by atoms with Crippen LogP contribution >= 0.6 is 11.6 Å². The van der Waals surface area contributed by atoms with E-state index >= 15 is 0 Å². The number of nitrogens with zero attached hydrogens (tertiary/aromatic N) is 3. The number of halogens is 1. The fraction of sp³-hybridized carbons (Fsp3) is 0.429. The van der Waals surface area contributed by atoms with E-state index in [-0.39, 0.29) is 12.1 Å². The zero-order chi connectivity index (χ0) is 14.8. The van der Waals surface area contributed by atoms with Gasteiger partial charge in [-0.3, -0.25) is 0 Å². The largest absolute Gasteiger partial charge is 0.480 e. The van der Waals surface area contributed by atoms with Crippen LogP contribution < -0.4 is 4.74 Å². The van der Waals surface area contributed by atoms with E-state index in [1.54, 1.807) is 35.3 Å². The molecule has 2 aromatic rings. The molecule has 2 rings (SSSR count). The first-order chi connectivity index (χ1) is 9.40. The molecule has 0 saturated carbocycles. The molecule has 0 fully saturated rings. The first-order valence-corrected chi connectivity index (χ1v) is 6.73. The second kappa shape index (κ2) is 5.81. The predicted molar refractivity (Wildman–Crippen MR) is 76.9 cm³/mol. The maximum atomic E-state index is 9.47. The summed E-state index contributed by atoms with van der Waals surface area (Å²) in [5.74, 6) is 1.07. The number of aliphatic hydroxyl groups is 1. The second-order valence-electron chi connectivity index (χ2n) is 5.46. The van der Waals surface area contributed by atoms with Crippen LogP contribution in [0.3, 0.4) is 0 Å². The molecule has 1 atom stereocenters. The van der Waals surface area contributed by atoms with Crippen molar-refractivity contribution in [2.75, 3.05) is 6.61 Å². The van der Waals surface area contributed by atoms with E-state index in [0.717, 1.165) is 0 Å². The van der Waals surface area contributed by atoms with Gasteiger partial charge in [-0.15, -0.1) is 0 Å². The van der Waals surface area contributed by atoms with Crippen molar-refractivity contribution >= 4 is 11.6 Å². The minimum absolute atomic E-state index is 0.161. The Morgan fingerprint density at radius 1 is 1.30 bits per heavy atom. The number of benzene rings is 1. The Balaban J connectivity index is 2.16. The lowest BCUT2D eigenvalue weighted by atomic mass is 10.1. The van der Waals surface area contributed by atoms with E-state index in [1.165, 1.54) is 0 Å². The number of rotatable bonds is 4. The van der Waals surface area contributed by atoms with Crippen LogP contribution in [0.1, 0.15) is 32.7 Å². The summed E-state index contributed by atoms with van der Waals surface area (Å²) in [4.78, 5) is 4.21. The van der Waals surface area contributed by atoms with Crippen molar-refractivity contribution in [1.82, 2.24) is 14.8 Å². The zero-order valence-electron chi connectivity index (χ0n) is 11.7. The minimum Gasteiger partial charge on any atom is -0.480 e. The molecule has 1 N–H and O–H groups in total. The number of hydrogen-bond acceptors (Lipinski definition) is 4. The lowest BCUT2D eigenvalue weighted by molar-refractivity contribution is 0.109. The smallest absolute Gasteiger partial charge is 0.193 e. The van der Waals surface area contributed by atoms with Gasteiger partial charge in [-0.1, -0.05) is 11.6 Å². The van der Waals surface area contributed by atoms with Gasteiger partial charge in [-0.25, -0.2) is 9.67 Å². The number of aliphatic hydroxyl groups excluding tert-OH is 1. The molecular weight excluding hydrogens is 278 g/mol. The Kier molecular flexibility index (Phi) is 4.30. The molecule has 0 spiro atoms. The lowest BCUT2D eigenvalue weighted by Gasteiger charge is -2.18. The summed E-state index contributed by atoms with van der Waals surface area (Å²) < 4.78 is 7.43. The average molecular weight is 296 g/mol. The van der Waals surface area contributed by atoms with E-state index in [9.17, 15) is 5.11 Å². The maximum absolute atomic E-state index is 9.47. The van der Waals surface area contributed by atoms with Crippen LogP contribution in [0.4, 0.5) is 0 Å². The molecule has 1 aromatic carbocycles. The fourth-order valence-corrected chi connectivity index (χ4v) is 1.72. The molecule has 6 heteroatoms. The van der Waals surface area contributed by atoms with Gasteiger partial charge in [0.2, 0.25) is 0 Å². The zero-order valence-corrected chi connectivity index (χ0v) is 12.5. The summed E-state index contributed by atoms with van der Waals surface area (Å²) >= 11 is 5.82. The molecule has 1 heterocycles.